The maximum atomic E-state index is 4.75. The molecule has 0 aliphatic carbocycles. The molecule has 2 heterocycles. The van der Waals surface area contributed by atoms with E-state index >= 15 is 0 Å². The summed E-state index contributed by atoms with van der Waals surface area (Å²) in [7, 11) is 2.01. The second-order valence-electron chi connectivity index (χ2n) is 4.86. The van der Waals surface area contributed by atoms with Crippen LogP contribution in [0.5, 0.6) is 0 Å². The van der Waals surface area contributed by atoms with Crippen LogP contribution in [-0.2, 0) is 0 Å². The molecule has 0 bridgehead atoms. The molecule has 1 unspecified atom stereocenters. The van der Waals surface area contributed by atoms with Gasteiger partial charge in [-0.3, -0.25) is 0 Å². The van der Waals surface area contributed by atoms with Crippen molar-refractivity contribution in [3.63, 3.8) is 0 Å². The van der Waals surface area contributed by atoms with Gasteiger partial charge in [-0.15, -0.1) is 11.3 Å². The normalized spacial score (nSPS) is 19.1. The first-order valence-corrected chi connectivity index (χ1v) is 7.43. The van der Waals surface area contributed by atoms with Crippen LogP contribution >= 0.6 is 11.3 Å². The smallest absolute Gasteiger partial charge is 0.185 e. The molecule has 1 aliphatic rings. The molecule has 1 N–H and O–H groups in total. The third-order valence-electron chi connectivity index (χ3n) is 3.52. The van der Waals surface area contributed by atoms with Crippen molar-refractivity contribution in [3.05, 3.63) is 10.6 Å². The van der Waals surface area contributed by atoms with Crippen LogP contribution < -0.4 is 10.2 Å². The summed E-state index contributed by atoms with van der Waals surface area (Å²) in [5.41, 5.74) is 1.19. The fourth-order valence-corrected chi connectivity index (χ4v) is 3.50. The van der Waals surface area contributed by atoms with Crippen LogP contribution in [0.4, 0.5) is 5.13 Å². The van der Waals surface area contributed by atoms with E-state index < -0.39 is 0 Å². The topological polar surface area (TPSA) is 28.2 Å². The quantitative estimate of drug-likeness (QED) is 0.897. The van der Waals surface area contributed by atoms with Crippen molar-refractivity contribution in [2.75, 3.05) is 25.0 Å². The molecule has 0 spiro atoms. The molecule has 1 aromatic heterocycles. The molecule has 2 rings (SSSR count). The molecule has 0 radical (unpaired) electrons. The predicted octanol–water partition coefficient (Wildman–Crippen LogP) is 3.11. The van der Waals surface area contributed by atoms with Crippen LogP contribution in [-0.4, -0.2) is 25.1 Å². The largest absolute Gasteiger partial charge is 0.348 e. The number of nitrogens with one attached hydrogen (secondary N) is 1. The number of anilines is 1. The van der Waals surface area contributed by atoms with Crippen molar-refractivity contribution in [2.24, 2.45) is 0 Å². The second kappa shape index (κ2) is 5.83. The zero-order valence-corrected chi connectivity index (χ0v) is 11.9. The van der Waals surface area contributed by atoms with Crippen LogP contribution in [0.2, 0.25) is 0 Å². The minimum Gasteiger partial charge on any atom is -0.348 e. The lowest BCUT2D eigenvalue weighted by molar-refractivity contribution is 0.658. The molecule has 0 saturated carbocycles. The van der Waals surface area contributed by atoms with Crippen molar-refractivity contribution in [2.45, 2.75) is 45.6 Å². The molecule has 0 aromatic carbocycles. The molecule has 1 saturated heterocycles. The molecule has 3 nitrogen and oxygen atoms in total. The van der Waals surface area contributed by atoms with Gasteiger partial charge in [0, 0.05) is 24.0 Å². The van der Waals surface area contributed by atoms with Gasteiger partial charge in [0.2, 0.25) is 0 Å². The van der Waals surface area contributed by atoms with Crippen molar-refractivity contribution < 1.29 is 0 Å². The lowest BCUT2D eigenvalue weighted by atomic mass is 10.2. The molecule has 96 valence electrons. The SMILES string of the molecule is CNC(C)c1sc(N2CCCCCC2)nc1C. The minimum absolute atomic E-state index is 0.410. The fourth-order valence-electron chi connectivity index (χ4n) is 2.32. The Morgan fingerprint density at radius 2 is 1.88 bits per heavy atom. The second-order valence-corrected chi connectivity index (χ2v) is 5.87. The highest BCUT2D eigenvalue weighted by Crippen LogP contribution is 2.31. The molecule has 0 amide bonds. The molecule has 1 aliphatic heterocycles. The van der Waals surface area contributed by atoms with Gasteiger partial charge in [0.25, 0.3) is 0 Å². The zero-order valence-electron chi connectivity index (χ0n) is 11.1. The highest BCUT2D eigenvalue weighted by atomic mass is 32.1. The van der Waals surface area contributed by atoms with E-state index in [0.717, 1.165) is 0 Å². The Balaban J connectivity index is 2.15. The summed E-state index contributed by atoms with van der Waals surface area (Å²) >= 11 is 1.86. The average Bonchev–Trinajstić information content (AvgIpc) is 2.57. The first-order valence-electron chi connectivity index (χ1n) is 6.62. The van der Waals surface area contributed by atoms with E-state index in [1.807, 2.05) is 18.4 Å². The monoisotopic (exact) mass is 253 g/mol. The van der Waals surface area contributed by atoms with Gasteiger partial charge in [0.1, 0.15) is 0 Å². The van der Waals surface area contributed by atoms with Crippen molar-refractivity contribution >= 4 is 16.5 Å². The molecular weight excluding hydrogens is 230 g/mol. The van der Waals surface area contributed by atoms with Crippen LogP contribution in [0.15, 0.2) is 0 Å². The van der Waals surface area contributed by atoms with Crippen LogP contribution in [0, 0.1) is 6.92 Å². The van der Waals surface area contributed by atoms with Crippen LogP contribution in [0.1, 0.15) is 49.2 Å². The van der Waals surface area contributed by atoms with E-state index in [2.05, 4.69) is 24.1 Å². The van der Waals surface area contributed by atoms with Gasteiger partial charge >= 0.3 is 0 Å². The number of thiazole rings is 1. The van der Waals surface area contributed by atoms with Gasteiger partial charge in [0.15, 0.2) is 5.13 Å². The maximum absolute atomic E-state index is 4.75. The van der Waals surface area contributed by atoms with E-state index in [9.17, 15) is 0 Å². The van der Waals surface area contributed by atoms with Crippen LogP contribution in [0.3, 0.4) is 0 Å². The van der Waals surface area contributed by atoms with Gasteiger partial charge in [-0.2, -0.15) is 0 Å². The number of aryl methyl sites for hydroxylation is 1. The molecule has 4 heteroatoms. The summed E-state index contributed by atoms with van der Waals surface area (Å²) in [6.07, 6.45) is 5.38. The lowest BCUT2D eigenvalue weighted by Gasteiger charge is -2.18. The maximum Gasteiger partial charge on any atom is 0.185 e. The van der Waals surface area contributed by atoms with Crippen molar-refractivity contribution in [1.82, 2.24) is 10.3 Å². The van der Waals surface area contributed by atoms with Gasteiger partial charge < -0.3 is 10.2 Å². The Morgan fingerprint density at radius 3 is 2.47 bits per heavy atom. The minimum atomic E-state index is 0.410. The van der Waals surface area contributed by atoms with E-state index in [1.165, 1.54) is 54.5 Å². The van der Waals surface area contributed by atoms with E-state index in [4.69, 9.17) is 4.98 Å². The lowest BCUT2D eigenvalue weighted by Crippen LogP contribution is -2.23. The number of rotatable bonds is 3. The zero-order chi connectivity index (χ0) is 12.3. The standard InChI is InChI=1S/C13H23N3S/c1-10(14-3)12-11(2)15-13(17-12)16-8-6-4-5-7-9-16/h10,14H,4-9H2,1-3H3. The summed E-state index contributed by atoms with van der Waals surface area (Å²) in [5, 5.41) is 4.53. The van der Waals surface area contributed by atoms with Gasteiger partial charge in [0.05, 0.1) is 5.69 Å². The number of hydrogen-bond acceptors (Lipinski definition) is 4. The van der Waals surface area contributed by atoms with Gasteiger partial charge in [-0.1, -0.05) is 12.8 Å². The summed E-state index contributed by atoms with van der Waals surface area (Å²) in [6, 6.07) is 0.410. The van der Waals surface area contributed by atoms with Crippen molar-refractivity contribution in [3.8, 4) is 0 Å². The Morgan fingerprint density at radius 1 is 1.24 bits per heavy atom. The Hall–Kier alpha value is -0.610. The molecule has 1 fully saturated rings. The van der Waals surface area contributed by atoms with Gasteiger partial charge in [-0.05, 0) is 33.7 Å². The Bertz CT molecular complexity index is 354. The molecule has 1 atom stereocenters. The summed E-state index contributed by atoms with van der Waals surface area (Å²) in [5.74, 6) is 0. The first kappa shape index (κ1) is 12.8. The van der Waals surface area contributed by atoms with E-state index in [0.29, 0.717) is 6.04 Å². The summed E-state index contributed by atoms with van der Waals surface area (Å²) < 4.78 is 0. The van der Waals surface area contributed by atoms with Gasteiger partial charge in [-0.25, -0.2) is 4.98 Å². The summed E-state index contributed by atoms with van der Waals surface area (Å²) in [4.78, 5) is 8.60. The molecule has 1 aromatic rings. The molecule has 17 heavy (non-hydrogen) atoms. The predicted molar refractivity (Wildman–Crippen MR) is 75.0 cm³/mol. The highest BCUT2D eigenvalue weighted by Gasteiger charge is 2.17. The third kappa shape index (κ3) is 2.99. The summed E-state index contributed by atoms with van der Waals surface area (Å²) in [6.45, 7) is 6.69. The average molecular weight is 253 g/mol. The Labute approximate surface area is 108 Å². The third-order valence-corrected chi connectivity index (χ3v) is 4.93. The number of aromatic nitrogens is 1. The Kier molecular flexibility index (Phi) is 4.40. The number of hydrogen-bond donors (Lipinski definition) is 1. The highest BCUT2D eigenvalue weighted by molar-refractivity contribution is 7.15. The number of nitrogens with zero attached hydrogens (tertiary/aromatic N) is 2. The first-order chi connectivity index (χ1) is 8.22. The fraction of sp³-hybridized carbons (Fsp3) is 0.769. The molecular formula is C13H23N3S. The van der Waals surface area contributed by atoms with E-state index in [1.54, 1.807) is 0 Å². The van der Waals surface area contributed by atoms with Crippen LogP contribution in [0.25, 0.3) is 0 Å². The van der Waals surface area contributed by atoms with Crippen molar-refractivity contribution in [1.29, 1.82) is 0 Å². The van der Waals surface area contributed by atoms with E-state index in [-0.39, 0.29) is 0 Å².